The summed E-state index contributed by atoms with van der Waals surface area (Å²) in [5, 5.41) is 3.30. The number of methoxy groups -OCH3 is 1. The molecule has 2 aromatic rings. The Morgan fingerprint density at radius 2 is 2.21 bits per heavy atom. The summed E-state index contributed by atoms with van der Waals surface area (Å²) in [6, 6.07) is 6.71. The molecule has 1 fully saturated rings. The van der Waals surface area contributed by atoms with Crippen LogP contribution in [0.25, 0.3) is 0 Å². The van der Waals surface area contributed by atoms with E-state index in [1.807, 2.05) is 10.6 Å². The first-order valence-electron chi connectivity index (χ1n) is 8.74. The molecule has 0 radical (unpaired) electrons. The summed E-state index contributed by atoms with van der Waals surface area (Å²) in [6.45, 7) is 0.746. The summed E-state index contributed by atoms with van der Waals surface area (Å²) < 4.78 is 7.15. The van der Waals surface area contributed by atoms with Gasteiger partial charge in [0.15, 0.2) is 5.82 Å². The highest BCUT2D eigenvalue weighted by molar-refractivity contribution is 5.41. The van der Waals surface area contributed by atoms with Gasteiger partial charge in [0.05, 0.1) is 7.11 Å². The molecule has 1 heterocycles. The summed E-state index contributed by atoms with van der Waals surface area (Å²) in [5.74, 6) is 1.81. The van der Waals surface area contributed by atoms with Crippen molar-refractivity contribution in [3.63, 3.8) is 0 Å². The molecule has 0 amide bonds. The van der Waals surface area contributed by atoms with Crippen molar-refractivity contribution >= 4 is 5.82 Å². The molecular weight excluding hydrogens is 302 g/mol. The van der Waals surface area contributed by atoms with Crippen molar-refractivity contribution in [2.75, 3.05) is 19.0 Å². The Morgan fingerprint density at radius 3 is 3.00 bits per heavy atom. The molecule has 24 heavy (non-hydrogen) atoms. The van der Waals surface area contributed by atoms with Crippen LogP contribution in [0.15, 0.2) is 35.4 Å². The molecule has 1 saturated carbocycles. The zero-order chi connectivity index (χ0) is 16.5. The Bertz CT molecular complexity index is 795. The minimum absolute atomic E-state index is 0.00534. The van der Waals surface area contributed by atoms with Gasteiger partial charge in [-0.15, -0.1) is 0 Å². The fourth-order valence-electron chi connectivity index (χ4n) is 3.64. The van der Waals surface area contributed by atoms with Gasteiger partial charge in [0.2, 0.25) is 0 Å². The second-order valence-corrected chi connectivity index (χ2v) is 6.75. The molecule has 1 aromatic heterocycles. The van der Waals surface area contributed by atoms with Crippen molar-refractivity contribution in [1.29, 1.82) is 0 Å². The van der Waals surface area contributed by atoms with E-state index in [0.29, 0.717) is 17.8 Å². The Balaban J connectivity index is 1.51. The highest BCUT2D eigenvalue weighted by Gasteiger charge is 2.26. The fraction of sp³-hybridized carbons (Fsp3) is 0.474. The number of ether oxygens (including phenoxy) is 1. The van der Waals surface area contributed by atoms with E-state index >= 15 is 0 Å². The lowest BCUT2D eigenvalue weighted by atomic mass is 9.82. The second-order valence-electron chi connectivity index (χ2n) is 6.75. The van der Waals surface area contributed by atoms with Crippen LogP contribution in [0.5, 0.6) is 5.75 Å². The Hall–Kier alpha value is -2.30. The molecule has 0 unspecified atom stereocenters. The van der Waals surface area contributed by atoms with E-state index in [0.717, 1.165) is 38.0 Å². The molecule has 0 spiro atoms. The van der Waals surface area contributed by atoms with Crippen LogP contribution >= 0.6 is 0 Å². The number of benzene rings is 1. The van der Waals surface area contributed by atoms with Crippen LogP contribution in [0.2, 0.25) is 0 Å². The number of nitrogens with one attached hydrogen (secondary N) is 1. The number of fused-ring (bicyclic) bond motifs is 1. The summed E-state index contributed by atoms with van der Waals surface area (Å²) in [4.78, 5) is 16.7. The average Bonchev–Trinajstić information content (AvgIpc) is 3.45. The van der Waals surface area contributed by atoms with Gasteiger partial charge < -0.3 is 14.6 Å². The van der Waals surface area contributed by atoms with Crippen molar-refractivity contribution in [2.24, 2.45) is 0 Å². The van der Waals surface area contributed by atoms with Gasteiger partial charge in [-0.25, -0.2) is 4.98 Å². The van der Waals surface area contributed by atoms with Gasteiger partial charge in [0.1, 0.15) is 5.75 Å². The van der Waals surface area contributed by atoms with Crippen LogP contribution in [0.1, 0.15) is 48.8 Å². The van der Waals surface area contributed by atoms with E-state index in [1.165, 1.54) is 17.5 Å². The predicted molar refractivity (Wildman–Crippen MR) is 93.9 cm³/mol. The molecule has 2 aliphatic rings. The summed E-state index contributed by atoms with van der Waals surface area (Å²) in [5.41, 5.74) is 2.74. The van der Waals surface area contributed by atoms with Crippen LogP contribution in [0.3, 0.4) is 0 Å². The number of rotatable bonds is 5. The molecule has 2 aliphatic carbocycles. The molecule has 1 atom stereocenters. The number of nitrogens with zero attached hydrogens (tertiary/aromatic N) is 2. The third-order valence-electron chi connectivity index (χ3n) is 5.11. The summed E-state index contributed by atoms with van der Waals surface area (Å²) in [6.07, 6.45) is 9.12. The van der Waals surface area contributed by atoms with Gasteiger partial charge in [0, 0.05) is 30.9 Å². The topological polar surface area (TPSA) is 56.1 Å². The first-order valence-corrected chi connectivity index (χ1v) is 8.74. The molecule has 0 bridgehead atoms. The van der Waals surface area contributed by atoms with E-state index in [-0.39, 0.29) is 5.56 Å². The third-order valence-corrected chi connectivity index (χ3v) is 5.11. The lowest BCUT2D eigenvalue weighted by molar-refractivity contribution is 0.413. The standard InChI is InChI=1S/C19H23N3O2/c1-24-16-7-8-17-13(11-16)3-2-4-14(17)12-21-18-19(23)22(10-9-20-18)15-5-6-15/h7-11,14-15H,2-6,12H2,1H3,(H,20,21)/t14-/m0/s1. The van der Waals surface area contributed by atoms with Gasteiger partial charge in [-0.2, -0.15) is 0 Å². The maximum absolute atomic E-state index is 12.5. The van der Waals surface area contributed by atoms with Gasteiger partial charge >= 0.3 is 0 Å². The number of hydrogen-bond acceptors (Lipinski definition) is 4. The molecule has 126 valence electrons. The zero-order valence-corrected chi connectivity index (χ0v) is 14.0. The van der Waals surface area contributed by atoms with E-state index in [4.69, 9.17) is 4.74 Å². The van der Waals surface area contributed by atoms with Crippen LogP contribution in [0, 0.1) is 0 Å². The Morgan fingerprint density at radius 1 is 1.33 bits per heavy atom. The first kappa shape index (κ1) is 15.2. The smallest absolute Gasteiger partial charge is 0.293 e. The largest absolute Gasteiger partial charge is 0.497 e. The van der Waals surface area contributed by atoms with Gasteiger partial charge in [-0.3, -0.25) is 4.79 Å². The Labute approximate surface area is 141 Å². The van der Waals surface area contributed by atoms with Crippen molar-refractivity contribution < 1.29 is 4.74 Å². The molecule has 1 aromatic carbocycles. The van der Waals surface area contributed by atoms with E-state index < -0.39 is 0 Å². The van der Waals surface area contributed by atoms with Crippen molar-refractivity contribution in [1.82, 2.24) is 9.55 Å². The van der Waals surface area contributed by atoms with E-state index in [1.54, 1.807) is 19.5 Å². The van der Waals surface area contributed by atoms with E-state index in [9.17, 15) is 4.79 Å². The highest BCUT2D eigenvalue weighted by Crippen LogP contribution is 2.34. The quantitative estimate of drug-likeness (QED) is 0.918. The zero-order valence-electron chi connectivity index (χ0n) is 14.0. The minimum Gasteiger partial charge on any atom is -0.497 e. The average molecular weight is 325 g/mol. The van der Waals surface area contributed by atoms with Crippen molar-refractivity contribution in [2.45, 2.75) is 44.1 Å². The highest BCUT2D eigenvalue weighted by atomic mass is 16.5. The maximum atomic E-state index is 12.5. The molecule has 4 rings (SSSR count). The van der Waals surface area contributed by atoms with Crippen LogP contribution in [-0.4, -0.2) is 23.2 Å². The molecular formula is C19H23N3O2. The molecule has 0 saturated heterocycles. The normalized spacial score (nSPS) is 19.6. The first-order chi connectivity index (χ1) is 11.8. The van der Waals surface area contributed by atoms with Crippen molar-refractivity contribution in [3.8, 4) is 5.75 Å². The number of aromatic nitrogens is 2. The van der Waals surface area contributed by atoms with Crippen LogP contribution < -0.4 is 15.6 Å². The molecule has 0 aliphatic heterocycles. The number of aryl methyl sites for hydroxylation is 1. The van der Waals surface area contributed by atoms with Crippen LogP contribution in [0.4, 0.5) is 5.82 Å². The lowest BCUT2D eigenvalue weighted by Crippen LogP contribution is -2.26. The number of anilines is 1. The lowest BCUT2D eigenvalue weighted by Gasteiger charge is -2.26. The SMILES string of the molecule is COc1ccc2c(c1)CCC[C@H]2CNc1nccn(C2CC2)c1=O. The van der Waals surface area contributed by atoms with Crippen LogP contribution in [-0.2, 0) is 6.42 Å². The summed E-state index contributed by atoms with van der Waals surface area (Å²) in [7, 11) is 1.70. The van der Waals surface area contributed by atoms with Gasteiger partial charge in [-0.05, 0) is 55.4 Å². The fourth-order valence-corrected chi connectivity index (χ4v) is 3.64. The van der Waals surface area contributed by atoms with Gasteiger partial charge in [-0.1, -0.05) is 6.07 Å². The number of hydrogen-bond donors (Lipinski definition) is 1. The predicted octanol–water partition coefficient (Wildman–Crippen LogP) is 3.12. The molecule has 5 heteroatoms. The maximum Gasteiger partial charge on any atom is 0.293 e. The summed E-state index contributed by atoms with van der Waals surface area (Å²) >= 11 is 0. The van der Waals surface area contributed by atoms with Gasteiger partial charge in [0.25, 0.3) is 5.56 Å². The van der Waals surface area contributed by atoms with E-state index in [2.05, 4.69) is 22.4 Å². The third kappa shape index (κ3) is 2.90. The second kappa shape index (κ2) is 6.30. The molecule has 1 N–H and O–H groups in total. The monoisotopic (exact) mass is 325 g/mol. The minimum atomic E-state index is 0.00534. The Kier molecular flexibility index (Phi) is 4.00. The van der Waals surface area contributed by atoms with Crippen molar-refractivity contribution in [3.05, 3.63) is 52.1 Å². The molecule has 5 nitrogen and oxygen atoms in total.